The fourth-order valence-corrected chi connectivity index (χ4v) is 4.84. The van der Waals surface area contributed by atoms with E-state index in [-0.39, 0.29) is 5.91 Å². The molecule has 5 heteroatoms. The van der Waals surface area contributed by atoms with Gasteiger partial charge in [-0.3, -0.25) is 9.59 Å². The van der Waals surface area contributed by atoms with Gasteiger partial charge in [0.25, 0.3) is 5.91 Å². The van der Waals surface area contributed by atoms with Gasteiger partial charge in [0.15, 0.2) is 0 Å². The molecule has 0 saturated heterocycles. The van der Waals surface area contributed by atoms with Crippen LogP contribution in [0.3, 0.4) is 0 Å². The Morgan fingerprint density at radius 3 is 2.59 bits per heavy atom. The van der Waals surface area contributed by atoms with Crippen molar-refractivity contribution in [3.8, 4) is 0 Å². The second-order valence-corrected chi connectivity index (χ2v) is 8.67. The van der Waals surface area contributed by atoms with E-state index in [0.29, 0.717) is 22.4 Å². The second kappa shape index (κ2) is 8.09. The lowest BCUT2D eigenvalue weighted by Gasteiger charge is -2.18. The van der Waals surface area contributed by atoms with E-state index in [1.54, 1.807) is 6.08 Å². The molecule has 27 heavy (non-hydrogen) atoms. The molecule has 142 valence electrons. The molecule has 1 unspecified atom stereocenters. The Morgan fingerprint density at radius 2 is 1.96 bits per heavy atom. The lowest BCUT2D eigenvalue weighted by Crippen LogP contribution is -2.18. The number of carbonyl (C=O) groups excluding carboxylic acids is 2. The van der Waals surface area contributed by atoms with Gasteiger partial charge in [-0.2, -0.15) is 0 Å². The topological polar surface area (TPSA) is 72.2 Å². The lowest BCUT2D eigenvalue weighted by molar-refractivity contribution is -0.111. The number of carbonyl (C=O) groups is 2. The molecule has 1 heterocycles. The molecule has 0 fully saturated rings. The number of amides is 2. The van der Waals surface area contributed by atoms with Crippen molar-refractivity contribution in [3.63, 3.8) is 0 Å². The number of nitrogens with two attached hydrogens (primary N) is 1. The highest BCUT2D eigenvalue weighted by Gasteiger charge is 2.26. The van der Waals surface area contributed by atoms with Gasteiger partial charge in [0.05, 0.1) is 5.56 Å². The Hall–Kier alpha value is -2.40. The van der Waals surface area contributed by atoms with Crippen molar-refractivity contribution in [2.24, 2.45) is 11.7 Å². The van der Waals surface area contributed by atoms with Crippen LogP contribution in [0, 0.1) is 5.92 Å². The highest BCUT2D eigenvalue weighted by atomic mass is 32.1. The van der Waals surface area contributed by atoms with Crippen LogP contribution in [0.4, 0.5) is 5.00 Å². The Labute approximate surface area is 164 Å². The van der Waals surface area contributed by atoms with Crippen molar-refractivity contribution in [3.05, 3.63) is 57.5 Å². The van der Waals surface area contributed by atoms with Gasteiger partial charge in [-0.05, 0) is 53.9 Å². The van der Waals surface area contributed by atoms with Crippen LogP contribution in [-0.2, 0) is 17.6 Å². The standard InChI is InChI=1S/C22H26N2O2S/c1-13(2)16-8-5-15(6-9-16)7-11-19(25)24-22-20(21(23)26)17-10-4-14(3)12-18(17)27-22/h5-9,11,13-14H,4,10,12H2,1-3H3,(H2,23,26)(H,24,25). The molecule has 0 aliphatic heterocycles. The molecule has 1 aromatic carbocycles. The number of fused-ring (bicyclic) bond motifs is 1. The maximum atomic E-state index is 12.4. The quantitative estimate of drug-likeness (QED) is 0.733. The molecular formula is C22H26N2O2S. The third-order valence-corrected chi connectivity index (χ3v) is 6.19. The first kappa shape index (κ1) is 19.4. The summed E-state index contributed by atoms with van der Waals surface area (Å²) in [5, 5.41) is 3.43. The van der Waals surface area contributed by atoms with Crippen LogP contribution < -0.4 is 11.1 Å². The number of nitrogens with one attached hydrogen (secondary N) is 1. The van der Waals surface area contributed by atoms with Crippen LogP contribution in [0.25, 0.3) is 6.08 Å². The predicted molar refractivity (Wildman–Crippen MR) is 112 cm³/mol. The number of rotatable bonds is 5. The number of hydrogen-bond donors (Lipinski definition) is 2. The Kier molecular flexibility index (Phi) is 5.80. The van der Waals surface area contributed by atoms with Crippen LogP contribution in [-0.4, -0.2) is 11.8 Å². The van der Waals surface area contributed by atoms with Gasteiger partial charge in [0, 0.05) is 11.0 Å². The third-order valence-electron chi connectivity index (χ3n) is 5.03. The molecule has 1 aliphatic carbocycles. The Morgan fingerprint density at radius 1 is 1.26 bits per heavy atom. The number of thiophene rings is 1. The maximum Gasteiger partial charge on any atom is 0.251 e. The summed E-state index contributed by atoms with van der Waals surface area (Å²) < 4.78 is 0. The number of benzene rings is 1. The molecule has 2 amide bonds. The van der Waals surface area contributed by atoms with E-state index in [4.69, 9.17) is 5.73 Å². The van der Waals surface area contributed by atoms with Gasteiger partial charge in [-0.15, -0.1) is 11.3 Å². The molecule has 1 atom stereocenters. The first-order valence-corrected chi connectivity index (χ1v) is 10.2. The largest absolute Gasteiger partial charge is 0.365 e. The average molecular weight is 383 g/mol. The van der Waals surface area contributed by atoms with E-state index in [2.05, 4.69) is 38.2 Å². The van der Waals surface area contributed by atoms with E-state index >= 15 is 0 Å². The first-order valence-electron chi connectivity index (χ1n) is 9.38. The molecule has 0 saturated carbocycles. The van der Waals surface area contributed by atoms with Gasteiger partial charge in [-0.1, -0.05) is 45.0 Å². The normalized spacial score (nSPS) is 16.5. The molecule has 4 nitrogen and oxygen atoms in total. The van der Waals surface area contributed by atoms with Crippen molar-refractivity contribution in [2.75, 3.05) is 5.32 Å². The summed E-state index contributed by atoms with van der Waals surface area (Å²) in [5.41, 5.74) is 9.34. The highest BCUT2D eigenvalue weighted by Crippen LogP contribution is 2.39. The van der Waals surface area contributed by atoms with Crippen LogP contribution in [0.15, 0.2) is 30.3 Å². The molecule has 0 bridgehead atoms. The summed E-state index contributed by atoms with van der Waals surface area (Å²) in [5.74, 6) is 0.350. The number of hydrogen-bond acceptors (Lipinski definition) is 3. The van der Waals surface area contributed by atoms with Crippen LogP contribution in [0.1, 0.15) is 65.0 Å². The summed E-state index contributed by atoms with van der Waals surface area (Å²) in [6.07, 6.45) is 6.10. The molecule has 3 N–H and O–H groups in total. The van der Waals surface area contributed by atoms with Gasteiger partial charge >= 0.3 is 0 Å². The maximum absolute atomic E-state index is 12.4. The minimum absolute atomic E-state index is 0.253. The zero-order chi connectivity index (χ0) is 19.6. The monoisotopic (exact) mass is 382 g/mol. The molecule has 2 aromatic rings. The Balaban J connectivity index is 1.75. The van der Waals surface area contributed by atoms with Crippen LogP contribution in [0.5, 0.6) is 0 Å². The summed E-state index contributed by atoms with van der Waals surface area (Å²) in [6.45, 7) is 6.50. The minimum atomic E-state index is -0.467. The van der Waals surface area contributed by atoms with E-state index in [0.717, 1.165) is 30.4 Å². The molecule has 3 rings (SSSR count). The fourth-order valence-electron chi connectivity index (χ4n) is 3.42. The second-order valence-electron chi connectivity index (χ2n) is 7.56. The van der Waals surface area contributed by atoms with Crippen molar-refractivity contribution in [2.45, 2.75) is 46.0 Å². The smallest absolute Gasteiger partial charge is 0.251 e. The fraction of sp³-hybridized carbons (Fsp3) is 0.364. The molecule has 1 aromatic heterocycles. The van der Waals surface area contributed by atoms with Crippen molar-refractivity contribution < 1.29 is 9.59 Å². The van der Waals surface area contributed by atoms with E-state index in [1.165, 1.54) is 27.9 Å². The van der Waals surface area contributed by atoms with Gasteiger partial charge < -0.3 is 11.1 Å². The van der Waals surface area contributed by atoms with Crippen molar-refractivity contribution in [1.29, 1.82) is 0 Å². The first-order chi connectivity index (χ1) is 12.8. The predicted octanol–water partition coefficient (Wildman–Crippen LogP) is 4.75. The van der Waals surface area contributed by atoms with Crippen LogP contribution >= 0.6 is 11.3 Å². The summed E-state index contributed by atoms with van der Waals surface area (Å²) in [6, 6.07) is 8.14. The molecule has 0 radical (unpaired) electrons. The Bertz CT molecular complexity index is 878. The van der Waals surface area contributed by atoms with E-state index in [1.807, 2.05) is 12.1 Å². The summed E-state index contributed by atoms with van der Waals surface area (Å²) in [4.78, 5) is 25.5. The number of primary amides is 1. The minimum Gasteiger partial charge on any atom is -0.365 e. The third kappa shape index (κ3) is 4.48. The van der Waals surface area contributed by atoms with Crippen LogP contribution in [0.2, 0.25) is 0 Å². The van der Waals surface area contributed by atoms with Gasteiger partial charge in [0.1, 0.15) is 5.00 Å². The van der Waals surface area contributed by atoms with Gasteiger partial charge in [-0.25, -0.2) is 0 Å². The zero-order valence-electron chi connectivity index (χ0n) is 16.0. The highest BCUT2D eigenvalue weighted by molar-refractivity contribution is 7.17. The van der Waals surface area contributed by atoms with E-state index in [9.17, 15) is 9.59 Å². The van der Waals surface area contributed by atoms with Gasteiger partial charge in [0.2, 0.25) is 5.91 Å². The zero-order valence-corrected chi connectivity index (χ0v) is 16.9. The lowest BCUT2D eigenvalue weighted by atomic mass is 9.88. The van der Waals surface area contributed by atoms with E-state index < -0.39 is 5.91 Å². The number of anilines is 1. The molecule has 1 aliphatic rings. The summed E-state index contributed by atoms with van der Waals surface area (Å²) >= 11 is 1.48. The molecular weight excluding hydrogens is 356 g/mol. The SMILES string of the molecule is CC1CCc2c(sc(NC(=O)C=Cc3ccc(C(C)C)cc3)c2C(N)=O)C1. The summed E-state index contributed by atoms with van der Waals surface area (Å²) in [7, 11) is 0. The van der Waals surface area contributed by atoms with Crippen molar-refractivity contribution >= 4 is 34.2 Å². The molecule has 0 spiro atoms. The average Bonchev–Trinajstić information content (AvgIpc) is 2.97. The van der Waals surface area contributed by atoms with Crippen molar-refractivity contribution in [1.82, 2.24) is 0 Å².